The Morgan fingerprint density at radius 2 is 1.44 bits per heavy atom. The fraction of sp³-hybridized carbons (Fsp3) is 0.0938. The summed E-state index contributed by atoms with van der Waals surface area (Å²) in [5, 5.41) is 10.6. The first kappa shape index (κ1) is 27.4. The molecule has 1 aliphatic rings. The number of fused-ring (bicyclic) bond motifs is 1. The molecule has 0 saturated carbocycles. The Kier molecular flexibility index (Phi) is 8.97. The minimum absolute atomic E-state index is 0.115. The van der Waals surface area contributed by atoms with Gasteiger partial charge in [-0.3, -0.25) is 19.3 Å². The van der Waals surface area contributed by atoms with Crippen LogP contribution in [0, 0.1) is 0 Å². The fourth-order valence-electron chi connectivity index (χ4n) is 4.04. The molecule has 1 atom stereocenters. The summed E-state index contributed by atoms with van der Waals surface area (Å²) < 4.78 is 0. The van der Waals surface area contributed by atoms with E-state index in [2.05, 4.69) is 12.2 Å². The van der Waals surface area contributed by atoms with E-state index in [4.69, 9.17) is 9.90 Å². The van der Waals surface area contributed by atoms with Gasteiger partial charge in [0.05, 0.1) is 5.69 Å². The molecule has 0 aliphatic carbocycles. The molecule has 0 saturated heterocycles. The predicted molar refractivity (Wildman–Crippen MR) is 157 cm³/mol. The van der Waals surface area contributed by atoms with E-state index in [1.807, 2.05) is 91.1 Å². The number of carboxylic acid groups (broad SMARTS) is 1. The summed E-state index contributed by atoms with van der Waals surface area (Å²) in [7, 11) is 0. The number of rotatable bonds is 4. The molecule has 4 aromatic rings. The topological polar surface area (TPSA) is 86.7 Å². The van der Waals surface area contributed by atoms with Crippen LogP contribution in [0.5, 0.6) is 0 Å². The third-order valence-electron chi connectivity index (χ3n) is 5.81. The van der Waals surface area contributed by atoms with Crippen molar-refractivity contribution in [1.82, 2.24) is 0 Å². The number of carbonyl (C=O) groups is 3. The molecular weight excluding hydrogens is 508 g/mol. The lowest BCUT2D eigenvalue weighted by molar-refractivity contribution is -0.134. The van der Waals surface area contributed by atoms with Crippen molar-refractivity contribution in [2.45, 2.75) is 24.0 Å². The molecule has 0 radical (unpaired) electrons. The van der Waals surface area contributed by atoms with Crippen LogP contribution >= 0.6 is 11.8 Å². The molecule has 1 unspecified atom stereocenters. The first-order chi connectivity index (χ1) is 18.8. The Morgan fingerprint density at radius 3 is 2.15 bits per heavy atom. The SMILES string of the molecule is CC(=O)O.CC1C=CN(C(=O)c2ccc(NC(=O)c3ccccc3-c3ccccc3)cc2)c2ccccc2S1. The van der Waals surface area contributed by atoms with Crippen molar-refractivity contribution >= 4 is 40.9 Å². The minimum Gasteiger partial charge on any atom is -0.481 e. The number of amides is 2. The first-order valence-corrected chi connectivity index (χ1v) is 13.2. The maximum absolute atomic E-state index is 13.4. The number of thioether (sulfide) groups is 1. The molecule has 196 valence electrons. The molecule has 0 spiro atoms. The second-order valence-electron chi connectivity index (χ2n) is 8.77. The van der Waals surface area contributed by atoms with Gasteiger partial charge in [0.15, 0.2) is 0 Å². The van der Waals surface area contributed by atoms with Gasteiger partial charge in [-0.1, -0.05) is 66.7 Å². The molecule has 4 aromatic carbocycles. The van der Waals surface area contributed by atoms with Crippen LogP contribution in [-0.4, -0.2) is 28.1 Å². The number of hydrogen-bond donors (Lipinski definition) is 2. The van der Waals surface area contributed by atoms with Crippen molar-refractivity contribution in [3.63, 3.8) is 0 Å². The number of para-hydroxylation sites is 1. The second kappa shape index (κ2) is 12.8. The van der Waals surface area contributed by atoms with Crippen LogP contribution in [0.15, 0.2) is 120 Å². The van der Waals surface area contributed by atoms with Gasteiger partial charge < -0.3 is 10.4 Å². The van der Waals surface area contributed by atoms with Crippen molar-refractivity contribution in [1.29, 1.82) is 0 Å². The number of nitrogens with zero attached hydrogens (tertiary/aromatic N) is 1. The van der Waals surface area contributed by atoms with Crippen molar-refractivity contribution in [2.24, 2.45) is 0 Å². The highest BCUT2D eigenvalue weighted by molar-refractivity contribution is 8.00. The highest BCUT2D eigenvalue weighted by Crippen LogP contribution is 2.37. The molecule has 39 heavy (non-hydrogen) atoms. The van der Waals surface area contributed by atoms with Crippen molar-refractivity contribution < 1.29 is 19.5 Å². The van der Waals surface area contributed by atoms with E-state index in [0.717, 1.165) is 28.6 Å². The molecule has 1 aliphatic heterocycles. The van der Waals surface area contributed by atoms with Gasteiger partial charge in [0.25, 0.3) is 17.8 Å². The highest BCUT2D eigenvalue weighted by Gasteiger charge is 2.22. The average Bonchev–Trinajstić information content (AvgIpc) is 3.11. The van der Waals surface area contributed by atoms with E-state index < -0.39 is 5.97 Å². The normalized spacial score (nSPS) is 13.8. The predicted octanol–water partition coefficient (Wildman–Crippen LogP) is 7.35. The minimum atomic E-state index is -0.833. The maximum atomic E-state index is 13.4. The van der Waals surface area contributed by atoms with E-state index in [1.165, 1.54) is 0 Å². The van der Waals surface area contributed by atoms with Crippen LogP contribution in [0.25, 0.3) is 11.1 Å². The molecule has 2 N–H and O–H groups in total. The van der Waals surface area contributed by atoms with Gasteiger partial charge >= 0.3 is 0 Å². The van der Waals surface area contributed by atoms with Gasteiger partial charge in [-0.05, 0) is 60.5 Å². The number of aliphatic carboxylic acids is 1. The number of carbonyl (C=O) groups excluding carboxylic acids is 2. The number of carboxylic acids is 1. The molecule has 0 aromatic heterocycles. The van der Waals surface area contributed by atoms with Gasteiger partial charge in [0.2, 0.25) is 0 Å². The quantitative estimate of drug-likeness (QED) is 0.285. The molecule has 2 amide bonds. The largest absolute Gasteiger partial charge is 0.481 e. The summed E-state index contributed by atoms with van der Waals surface area (Å²) in [5.74, 6) is -1.14. The number of hydrogen-bond acceptors (Lipinski definition) is 4. The first-order valence-electron chi connectivity index (χ1n) is 12.4. The number of nitrogens with one attached hydrogen (secondary N) is 1. The molecule has 5 rings (SSSR count). The molecule has 0 fully saturated rings. The zero-order valence-corrected chi connectivity index (χ0v) is 22.4. The lowest BCUT2D eigenvalue weighted by atomic mass is 9.99. The fourth-order valence-corrected chi connectivity index (χ4v) is 5.04. The molecule has 0 bridgehead atoms. The maximum Gasteiger partial charge on any atom is 0.300 e. The Morgan fingerprint density at radius 1 is 0.821 bits per heavy atom. The van der Waals surface area contributed by atoms with Crippen molar-refractivity contribution in [3.05, 3.63) is 127 Å². The van der Waals surface area contributed by atoms with E-state index >= 15 is 0 Å². The van der Waals surface area contributed by atoms with Crippen LogP contribution in [0.2, 0.25) is 0 Å². The van der Waals surface area contributed by atoms with Gasteiger partial charge in [0.1, 0.15) is 0 Å². The van der Waals surface area contributed by atoms with Crippen LogP contribution in [-0.2, 0) is 4.79 Å². The zero-order chi connectivity index (χ0) is 27.8. The van der Waals surface area contributed by atoms with E-state index in [1.54, 1.807) is 40.9 Å². The number of anilines is 2. The van der Waals surface area contributed by atoms with Gasteiger partial charge in [0, 0.05) is 40.1 Å². The molecular formula is C32H28N2O4S. The van der Waals surface area contributed by atoms with Crippen LogP contribution in [0.1, 0.15) is 34.6 Å². The smallest absolute Gasteiger partial charge is 0.300 e. The highest BCUT2D eigenvalue weighted by atomic mass is 32.2. The third-order valence-corrected chi connectivity index (χ3v) is 6.94. The summed E-state index contributed by atoms with van der Waals surface area (Å²) in [4.78, 5) is 38.2. The zero-order valence-electron chi connectivity index (χ0n) is 21.6. The van der Waals surface area contributed by atoms with E-state index in [-0.39, 0.29) is 17.1 Å². The Hall–Kier alpha value is -4.62. The van der Waals surface area contributed by atoms with Gasteiger partial charge in [-0.15, -0.1) is 11.8 Å². The standard InChI is InChI=1S/C30H24N2O2S.C2H4O2/c1-21-19-20-32(27-13-7-8-14-28(27)35-21)30(34)23-15-17-24(18-16-23)31-29(33)26-12-6-5-11-25(26)22-9-3-2-4-10-22;1-2(3)4/h2-21H,1H3,(H,31,33);1H3,(H,3,4). The Bertz CT molecular complexity index is 1500. The summed E-state index contributed by atoms with van der Waals surface area (Å²) in [6.45, 7) is 3.19. The van der Waals surface area contributed by atoms with Crippen LogP contribution in [0.4, 0.5) is 11.4 Å². The second-order valence-corrected chi connectivity index (χ2v) is 10.2. The monoisotopic (exact) mass is 536 g/mol. The van der Waals surface area contributed by atoms with Crippen molar-refractivity contribution in [3.8, 4) is 11.1 Å². The van der Waals surface area contributed by atoms with Crippen molar-refractivity contribution in [2.75, 3.05) is 10.2 Å². The average molecular weight is 537 g/mol. The summed E-state index contributed by atoms with van der Waals surface area (Å²) >= 11 is 1.73. The lowest BCUT2D eigenvalue weighted by Gasteiger charge is -2.20. The molecule has 1 heterocycles. The third kappa shape index (κ3) is 7.03. The van der Waals surface area contributed by atoms with E-state index in [0.29, 0.717) is 16.8 Å². The van der Waals surface area contributed by atoms with Crippen LogP contribution < -0.4 is 10.2 Å². The molecule has 6 nitrogen and oxygen atoms in total. The molecule has 7 heteroatoms. The number of benzene rings is 4. The van der Waals surface area contributed by atoms with E-state index in [9.17, 15) is 9.59 Å². The van der Waals surface area contributed by atoms with Gasteiger partial charge in [-0.2, -0.15) is 0 Å². The summed E-state index contributed by atoms with van der Waals surface area (Å²) in [6.07, 6.45) is 3.88. The van der Waals surface area contributed by atoms with Gasteiger partial charge in [-0.25, -0.2) is 0 Å². The lowest BCUT2D eigenvalue weighted by Crippen LogP contribution is -2.25. The summed E-state index contributed by atoms with van der Waals surface area (Å²) in [5.41, 5.74) is 4.50. The Balaban J connectivity index is 0.000000826. The summed E-state index contributed by atoms with van der Waals surface area (Å²) in [6, 6.07) is 32.3. The van der Waals surface area contributed by atoms with Crippen LogP contribution in [0.3, 0.4) is 0 Å². The Labute approximate surface area is 232 Å².